The first kappa shape index (κ1) is 11.1. The molecule has 2 saturated carbocycles. The zero-order valence-corrected chi connectivity index (χ0v) is 10.7. The number of anilines is 1. The molecule has 0 saturated heterocycles. The molecule has 0 amide bonds. The van der Waals surface area contributed by atoms with Crippen LogP contribution in [0.3, 0.4) is 0 Å². The average molecular weight is 233 g/mol. The number of rotatable bonds is 3. The minimum absolute atomic E-state index is 0.537. The van der Waals surface area contributed by atoms with E-state index in [-0.39, 0.29) is 0 Å². The lowest BCUT2D eigenvalue weighted by Gasteiger charge is -2.20. The van der Waals surface area contributed by atoms with Crippen LogP contribution >= 0.6 is 0 Å². The van der Waals surface area contributed by atoms with Gasteiger partial charge in [0, 0.05) is 12.1 Å². The van der Waals surface area contributed by atoms with E-state index >= 15 is 0 Å². The summed E-state index contributed by atoms with van der Waals surface area (Å²) in [4.78, 5) is 0. The molecular weight excluding hydrogens is 210 g/mol. The molecule has 1 unspecified atom stereocenters. The standard InChI is InChI=1S/C14H23N3/c1-10(11-7-8-11)17-9-13(15)14(16-17)12-5-3-2-4-6-12/h9-12H,2-8,15H2,1H3. The molecule has 2 aliphatic rings. The lowest BCUT2D eigenvalue weighted by molar-refractivity contribution is 0.409. The third kappa shape index (κ3) is 2.20. The van der Waals surface area contributed by atoms with Crippen molar-refractivity contribution in [1.82, 2.24) is 9.78 Å². The highest BCUT2D eigenvalue weighted by atomic mass is 15.3. The van der Waals surface area contributed by atoms with E-state index in [1.165, 1.54) is 50.6 Å². The first-order valence-corrected chi connectivity index (χ1v) is 7.10. The SMILES string of the molecule is CC(C1CC1)n1cc(N)c(C2CCCCC2)n1. The second-order valence-corrected chi connectivity index (χ2v) is 5.86. The van der Waals surface area contributed by atoms with Gasteiger partial charge in [-0.05, 0) is 38.5 Å². The first-order chi connectivity index (χ1) is 8.25. The summed E-state index contributed by atoms with van der Waals surface area (Å²) in [5.74, 6) is 1.46. The van der Waals surface area contributed by atoms with Crippen LogP contribution in [0.5, 0.6) is 0 Å². The molecule has 1 aromatic heterocycles. The van der Waals surface area contributed by atoms with Crippen molar-refractivity contribution in [2.75, 3.05) is 5.73 Å². The molecule has 0 aromatic carbocycles. The van der Waals surface area contributed by atoms with Crippen molar-refractivity contribution in [1.29, 1.82) is 0 Å². The van der Waals surface area contributed by atoms with Crippen molar-refractivity contribution in [3.63, 3.8) is 0 Å². The summed E-state index contributed by atoms with van der Waals surface area (Å²) in [5.41, 5.74) is 8.25. The van der Waals surface area contributed by atoms with Crippen LogP contribution in [0.2, 0.25) is 0 Å². The number of hydrogen-bond donors (Lipinski definition) is 1. The topological polar surface area (TPSA) is 43.8 Å². The van der Waals surface area contributed by atoms with Crippen LogP contribution in [0.15, 0.2) is 6.20 Å². The van der Waals surface area contributed by atoms with E-state index in [9.17, 15) is 0 Å². The minimum atomic E-state index is 0.537. The average Bonchev–Trinajstić information content (AvgIpc) is 3.13. The summed E-state index contributed by atoms with van der Waals surface area (Å²) < 4.78 is 2.12. The van der Waals surface area contributed by atoms with Gasteiger partial charge in [-0.1, -0.05) is 19.3 Å². The summed E-state index contributed by atoms with van der Waals surface area (Å²) in [6, 6.07) is 0.537. The third-order valence-electron chi connectivity index (χ3n) is 4.50. The smallest absolute Gasteiger partial charge is 0.0884 e. The molecule has 2 N–H and O–H groups in total. The largest absolute Gasteiger partial charge is 0.396 e. The van der Waals surface area contributed by atoms with Crippen LogP contribution in [-0.4, -0.2) is 9.78 Å². The lowest BCUT2D eigenvalue weighted by Crippen LogP contribution is -2.10. The summed E-state index contributed by atoms with van der Waals surface area (Å²) in [5, 5.41) is 4.79. The van der Waals surface area contributed by atoms with Crippen molar-refractivity contribution in [2.45, 2.75) is 63.8 Å². The highest BCUT2D eigenvalue weighted by molar-refractivity contribution is 5.43. The zero-order valence-electron chi connectivity index (χ0n) is 10.7. The van der Waals surface area contributed by atoms with Crippen molar-refractivity contribution in [3.05, 3.63) is 11.9 Å². The Labute approximate surface area is 103 Å². The molecule has 2 fully saturated rings. The zero-order chi connectivity index (χ0) is 11.8. The Morgan fingerprint density at radius 2 is 1.94 bits per heavy atom. The van der Waals surface area contributed by atoms with Crippen LogP contribution in [0.25, 0.3) is 0 Å². The summed E-state index contributed by atoms with van der Waals surface area (Å²) in [6.07, 6.45) is 11.4. The van der Waals surface area contributed by atoms with Gasteiger partial charge in [-0.2, -0.15) is 5.10 Å². The molecule has 0 aliphatic heterocycles. The van der Waals surface area contributed by atoms with Crippen LogP contribution in [0, 0.1) is 5.92 Å². The highest BCUT2D eigenvalue weighted by Gasteiger charge is 2.31. The molecule has 1 aromatic rings. The van der Waals surface area contributed by atoms with E-state index in [0.29, 0.717) is 12.0 Å². The Morgan fingerprint density at radius 1 is 1.24 bits per heavy atom. The Hall–Kier alpha value is -0.990. The maximum atomic E-state index is 6.15. The van der Waals surface area contributed by atoms with Gasteiger partial charge in [-0.15, -0.1) is 0 Å². The van der Waals surface area contributed by atoms with Crippen molar-refractivity contribution >= 4 is 5.69 Å². The van der Waals surface area contributed by atoms with E-state index in [2.05, 4.69) is 17.8 Å². The molecule has 1 atom stereocenters. The molecule has 3 heteroatoms. The molecule has 3 rings (SSSR count). The van der Waals surface area contributed by atoms with Gasteiger partial charge in [0.1, 0.15) is 0 Å². The second-order valence-electron chi connectivity index (χ2n) is 5.86. The monoisotopic (exact) mass is 233 g/mol. The summed E-state index contributed by atoms with van der Waals surface area (Å²) >= 11 is 0. The molecule has 0 radical (unpaired) electrons. The molecule has 3 nitrogen and oxygen atoms in total. The van der Waals surface area contributed by atoms with Crippen molar-refractivity contribution in [2.24, 2.45) is 5.92 Å². The number of aromatic nitrogens is 2. The fraction of sp³-hybridized carbons (Fsp3) is 0.786. The predicted octanol–water partition coefficient (Wildman–Crippen LogP) is 3.48. The normalized spacial score (nSPS) is 23.8. The van der Waals surface area contributed by atoms with E-state index in [4.69, 9.17) is 10.8 Å². The van der Waals surface area contributed by atoms with E-state index < -0.39 is 0 Å². The van der Waals surface area contributed by atoms with Crippen LogP contribution in [0.4, 0.5) is 5.69 Å². The van der Waals surface area contributed by atoms with Gasteiger partial charge in [-0.3, -0.25) is 4.68 Å². The maximum Gasteiger partial charge on any atom is 0.0884 e. The van der Waals surface area contributed by atoms with E-state index in [1.807, 2.05) is 0 Å². The van der Waals surface area contributed by atoms with Crippen molar-refractivity contribution in [3.8, 4) is 0 Å². The van der Waals surface area contributed by atoms with Gasteiger partial charge in [0.2, 0.25) is 0 Å². The molecule has 17 heavy (non-hydrogen) atoms. The second kappa shape index (κ2) is 4.35. The number of nitrogen functional groups attached to an aromatic ring is 1. The molecular formula is C14H23N3. The fourth-order valence-corrected chi connectivity index (χ4v) is 3.12. The van der Waals surface area contributed by atoms with Crippen LogP contribution < -0.4 is 5.73 Å². The molecule has 94 valence electrons. The number of hydrogen-bond acceptors (Lipinski definition) is 2. The molecule has 0 bridgehead atoms. The Kier molecular flexibility index (Phi) is 2.85. The Morgan fingerprint density at radius 3 is 2.59 bits per heavy atom. The molecule has 0 spiro atoms. The summed E-state index contributed by atoms with van der Waals surface area (Å²) in [7, 11) is 0. The molecule has 2 aliphatic carbocycles. The van der Waals surface area contributed by atoms with Gasteiger partial charge in [0.15, 0.2) is 0 Å². The number of nitrogens with zero attached hydrogens (tertiary/aromatic N) is 2. The maximum absolute atomic E-state index is 6.15. The van der Waals surface area contributed by atoms with Crippen LogP contribution in [-0.2, 0) is 0 Å². The van der Waals surface area contributed by atoms with Gasteiger partial charge in [-0.25, -0.2) is 0 Å². The quantitative estimate of drug-likeness (QED) is 0.868. The van der Waals surface area contributed by atoms with Gasteiger partial charge >= 0.3 is 0 Å². The molecule has 1 heterocycles. The highest BCUT2D eigenvalue weighted by Crippen LogP contribution is 2.41. The van der Waals surface area contributed by atoms with Crippen molar-refractivity contribution < 1.29 is 0 Å². The van der Waals surface area contributed by atoms with Gasteiger partial charge in [0.25, 0.3) is 0 Å². The Bertz CT molecular complexity index is 386. The lowest BCUT2D eigenvalue weighted by atomic mass is 9.86. The Balaban J connectivity index is 1.79. The summed E-state index contributed by atoms with van der Waals surface area (Å²) in [6.45, 7) is 2.27. The van der Waals surface area contributed by atoms with Crippen LogP contribution in [0.1, 0.15) is 69.5 Å². The minimum Gasteiger partial charge on any atom is -0.396 e. The van der Waals surface area contributed by atoms with E-state index in [0.717, 1.165) is 11.6 Å². The number of nitrogens with two attached hydrogens (primary N) is 1. The van der Waals surface area contributed by atoms with Gasteiger partial charge in [0.05, 0.1) is 17.4 Å². The predicted molar refractivity (Wildman–Crippen MR) is 69.9 cm³/mol. The van der Waals surface area contributed by atoms with Gasteiger partial charge < -0.3 is 5.73 Å². The fourth-order valence-electron chi connectivity index (χ4n) is 3.12. The third-order valence-corrected chi connectivity index (χ3v) is 4.50. The van der Waals surface area contributed by atoms with E-state index in [1.54, 1.807) is 0 Å². The first-order valence-electron chi connectivity index (χ1n) is 7.10.